The van der Waals surface area contributed by atoms with E-state index in [-0.39, 0.29) is 60.5 Å². The summed E-state index contributed by atoms with van der Waals surface area (Å²) in [5.74, 6) is -0.928. The second kappa shape index (κ2) is 10.6. The van der Waals surface area contributed by atoms with Crippen LogP contribution in [0.15, 0.2) is 36.4 Å². The number of nitro benzene ring substituents is 2. The Bertz CT molecular complexity index is 1110. The number of carbonyl (C=O) groups excluding carboxylic acids is 2. The zero-order chi connectivity index (χ0) is 24.8. The smallest absolute Gasteiger partial charge is 0.338 e. The van der Waals surface area contributed by atoms with Crippen LogP contribution < -0.4 is 9.64 Å². The Balaban J connectivity index is 1.75. The first-order chi connectivity index (χ1) is 16.3. The normalized spacial score (nSPS) is 13.4. The molecule has 2 aromatic rings. The van der Waals surface area contributed by atoms with Crippen molar-refractivity contribution in [2.75, 3.05) is 44.3 Å². The minimum Gasteiger partial charge on any atom is -0.487 e. The van der Waals surface area contributed by atoms with Crippen LogP contribution in [0, 0.1) is 20.2 Å². The molecule has 0 atom stereocenters. The van der Waals surface area contributed by atoms with Gasteiger partial charge in [0.05, 0.1) is 28.6 Å². The number of esters is 1. The predicted molar refractivity (Wildman–Crippen MR) is 121 cm³/mol. The maximum atomic E-state index is 12.9. The lowest BCUT2D eigenvalue weighted by atomic mass is 10.1. The molecule has 0 radical (unpaired) electrons. The van der Waals surface area contributed by atoms with Gasteiger partial charge in [-0.3, -0.25) is 25.0 Å². The molecule has 1 heterocycles. The van der Waals surface area contributed by atoms with Crippen LogP contribution in [0.5, 0.6) is 5.75 Å². The van der Waals surface area contributed by atoms with Crippen molar-refractivity contribution in [1.82, 2.24) is 4.90 Å². The van der Waals surface area contributed by atoms with Gasteiger partial charge in [-0.2, -0.15) is 0 Å². The highest BCUT2D eigenvalue weighted by molar-refractivity contribution is 5.95. The maximum absolute atomic E-state index is 12.9. The summed E-state index contributed by atoms with van der Waals surface area (Å²) in [6, 6.07) is 8.22. The highest BCUT2D eigenvalue weighted by atomic mass is 16.6. The van der Waals surface area contributed by atoms with Gasteiger partial charge in [0, 0.05) is 43.9 Å². The fourth-order valence-electron chi connectivity index (χ4n) is 3.68. The summed E-state index contributed by atoms with van der Waals surface area (Å²) in [7, 11) is 0. The van der Waals surface area contributed by atoms with Crippen molar-refractivity contribution in [3.8, 4) is 5.75 Å². The van der Waals surface area contributed by atoms with Gasteiger partial charge in [-0.1, -0.05) is 0 Å². The number of amides is 1. The van der Waals surface area contributed by atoms with Crippen molar-refractivity contribution in [3.05, 3.63) is 67.8 Å². The topological polar surface area (TPSA) is 145 Å². The minimum absolute atomic E-state index is 0.0863. The third kappa shape index (κ3) is 5.22. The van der Waals surface area contributed by atoms with Gasteiger partial charge in [0.2, 0.25) is 0 Å². The summed E-state index contributed by atoms with van der Waals surface area (Å²) in [6.45, 7) is 4.90. The van der Waals surface area contributed by atoms with Crippen LogP contribution >= 0.6 is 0 Å². The van der Waals surface area contributed by atoms with Crippen LogP contribution in [0.1, 0.15) is 34.6 Å². The molecule has 0 N–H and O–H groups in total. The van der Waals surface area contributed by atoms with Crippen molar-refractivity contribution in [2.45, 2.75) is 13.8 Å². The molecule has 0 bridgehead atoms. The Morgan fingerprint density at radius 3 is 2.09 bits per heavy atom. The van der Waals surface area contributed by atoms with E-state index in [1.807, 2.05) is 0 Å². The maximum Gasteiger partial charge on any atom is 0.338 e. The number of piperazine rings is 1. The largest absolute Gasteiger partial charge is 0.487 e. The summed E-state index contributed by atoms with van der Waals surface area (Å²) < 4.78 is 10.2. The zero-order valence-corrected chi connectivity index (χ0v) is 18.8. The average molecular weight is 472 g/mol. The number of nitrogens with zero attached hydrogens (tertiary/aromatic N) is 4. The van der Waals surface area contributed by atoms with E-state index in [0.717, 1.165) is 0 Å². The van der Waals surface area contributed by atoms with Crippen LogP contribution in [0.2, 0.25) is 0 Å². The monoisotopic (exact) mass is 472 g/mol. The van der Waals surface area contributed by atoms with Crippen LogP contribution in [-0.2, 0) is 4.74 Å². The van der Waals surface area contributed by atoms with Crippen LogP contribution in [0.4, 0.5) is 17.1 Å². The van der Waals surface area contributed by atoms with Crippen LogP contribution in [0.25, 0.3) is 0 Å². The number of carbonyl (C=O) groups is 2. The van der Waals surface area contributed by atoms with E-state index < -0.39 is 15.8 Å². The van der Waals surface area contributed by atoms with Gasteiger partial charge >= 0.3 is 11.7 Å². The van der Waals surface area contributed by atoms with E-state index >= 15 is 0 Å². The first-order valence-corrected chi connectivity index (χ1v) is 10.7. The summed E-state index contributed by atoms with van der Waals surface area (Å²) in [5, 5.41) is 23.0. The average Bonchev–Trinajstić information content (AvgIpc) is 2.83. The van der Waals surface area contributed by atoms with Crippen molar-refractivity contribution in [1.29, 1.82) is 0 Å². The van der Waals surface area contributed by atoms with E-state index in [0.29, 0.717) is 18.8 Å². The number of rotatable bonds is 8. The Morgan fingerprint density at radius 2 is 1.50 bits per heavy atom. The molecule has 3 rings (SSSR count). The van der Waals surface area contributed by atoms with E-state index in [9.17, 15) is 29.8 Å². The Labute approximate surface area is 195 Å². The number of hydrogen-bond acceptors (Lipinski definition) is 9. The molecule has 0 aliphatic carbocycles. The Kier molecular flexibility index (Phi) is 7.61. The lowest BCUT2D eigenvalue weighted by Crippen LogP contribution is -2.49. The number of hydrogen-bond donors (Lipinski definition) is 0. The molecule has 12 heteroatoms. The minimum atomic E-state index is -0.642. The van der Waals surface area contributed by atoms with Crippen molar-refractivity contribution in [3.63, 3.8) is 0 Å². The molecule has 1 fully saturated rings. The first-order valence-electron chi connectivity index (χ1n) is 10.7. The molecule has 0 unspecified atom stereocenters. The SMILES string of the molecule is CCOC(=O)c1ccc(N2CCN(C(=O)c3ccc(OCC)c([N+](=O)[O-])c3)CC2)c([N+](=O)[O-])c1. The van der Waals surface area contributed by atoms with Crippen molar-refractivity contribution in [2.24, 2.45) is 0 Å². The van der Waals surface area contributed by atoms with E-state index in [2.05, 4.69) is 0 Å². The molecule has 1 aliphatic rings. The van der Waals surface area contributed by atoms with Crippen LogP contribution in [-0.4, -0.2) is 66.0 Å². The second-order valence-corrected chi connectivity index (χ2v) is 7.33. The van der Waals surface area contributed by atoms with Gasteiger partial charge in [-0.05, 0) is 38.1 Å². The summed E-state index contributed by atoms with van der Waals surface area (Å²) >= 11 is 0. The molecule has 1 saturated heterocycles. The number of benzene rings is 2. The Morgan fingerprint density at radius 1 is 0.882 bits per heavy atom. The summed E-state index contributed by atoms with van der Waals surface area (Å²) in [5.41, 5.74) is 0.0644. The van der Waals surface area contributed by atoms with Crippen molar-refractivity contribution >= 4 is 28.9 Å². The van der Waals surface area contributed by atoms with Crippen molar-refractivity contribution < 1.29 is 28.9 Å². The fourth-order valence-corrected chi connectivity index (χ4v) is 3.68. The highest BCUT2D eigenvalue weighted by Gasteiger charge is 2.28. The number of nitro groups is 2. The number of ether oxygens (including phenoxy) is 2. The summed E-state index contributed by atoms with van der Waals surface area (Å²) in [4.78, 5) is 50.0. The summed E-state index contributed by atoms with van der Waals surface area (Å²) in [6.07, 6.45) is 0. The molecule has 1 aliphatic heterocycles. The quantitative estimate of drug-likeness (QED) is 0.321. The molecule has 12 nitrogen and oxygen atoms in total. The fraction of sp³-hybridized carbons (Fsp3) is 0.364. The molecular formula is C22H24N4O8. The molecule has 180 valence electrons. The van der Waals surface area contributed by atoms with E-state index in [4.69, 9.17) is 9.47 Å². The van der Waals surface area contributed by atoms with Crippen LogP contribution in [0.3, 0.4) is 0 Å². The van der Waals surface area contributed by atoms with Gasteiger partial charge in [0.15, 0.2) is 5.75 Å². The molecule has 0 saturated carbocycles. The molecule has 0 spiro atoms. The number of anilines is 1. The van der Waals surface area contributed by atoms with E-state index in [1.165, 1.54) is 41.3 Å². The third-order valence-corrected chi connectivity index (χ3v) is 5.29. The van der Waals surface area contributed by atoms with Gasteiger partial charge in [-0.15, -0.1) is 0 Å². The first kappa shape index (κ1) is 24.4. The lowest BCUT2D eigenvalue weighted by Gasteiger charge is -2.35. The molecule has 0 aromatic heterocycles. The van der Waals surface area contributed by atoms with Gasteiger partial charge < -0.3 is 19.3 Å². The van der Waals surface area contributed by atoms with Gasteiger partial charge in [0.1, 0.15) is 5.69 Å². The zero-order valence-electron chi connectivity index (χ0n) is 18.8. The molecule has 34 heavy (non-hydrogen) atoms. The third-order valence-electron chi connectivity index (χ3n) is 5.29. The highest BCUT2D eigenvalue weighted by Crippen LogP contribution is 2.31. The Hall–Kier alpha value is -4.22. The van der Waals surface area contributed by atoms with Gasteiger partial charge in [-0.25, -0.2) is 4.79 Å². The predicted octanol–water partition coefficient (Wildman–Crippen LogP) is 3.04. The molecular weight excluding hydrogens is 448 g/mol. The second-order valence-electron chi connectivity index (χ2n) is 7.33. The van der Waals surface area contributed by atoms with E-state index in [1.54, 1.807) is 18.7 Å². The molecule has 2 aromatic carbocycles. The lowest BCUT2D eigenvalue weighted by molar-refractivity contribution is -0.385. The molecule has 1 amide bonds. The van der Waals surface area contributed by atoms with Gasteiger partial charge in [0.25, 0.3) is 11.6 Å². The standard InChI is InChI=1S/C22H24N4O8/c1-3-33-20-8-6-15(13-19(20)26(31)32)21(27)24-11-9-23(10-12-24)17-7-5-16(22(28)34-4-2)14-18(17)25(29)30/h5-8,13-14H,3-4,9-12H2,1-2H3.